The quantitative estimate of drug-likeness (QED) is 0.726. The molecule has 3 atom stereocenters. The van der Waals surface area contributed by atoms with Crippen LogP contribution in [0.25, 0.3) is 10.2 Å². The largest absolute Gasteiger partial charge is 0.484 e. The molecule has 0 unspecified atom stereocenters. The van der Waals surface area contributed by atoms with Gasteiger partial charge in [-0.25, -0.2) is 9.97 Å². The van der Waals surface area contributed by atoms with Crippen molar-refractivity contribution >= 4 is 44.7 Å². The third-order valence-corrected chi connectivity index (χ3v) is 5.84. The van der Waals surface area contributed by atoms with Crippen LogP contribution in [-0.4, -0.2) is 41.5 Å². The van der Waals surface area contributed by atoms with Crippen molar-refractivity contribution in [3.05, 3.63) is 41.0 Å². The average Bonchev–Trinajstić information content (AvgIpc) is 3.35. The highest BCUT2D eigenvalue weighted by atomic mass is 35.5. The van der Waals surface area contributed by atoms with Crippen LogP contribution in [0, 0.1) is 0 Å². The lowest BCUT2D eigenvalue weighted by molar-refractivity contribution is 0.0309. The maximum absolute atomic E-state index is 6.44. The van der Waals surface area contributed by atoms with Crippen molar-refractivity contribution in [2.24, 2.45) is 0 Å². The smallest absolute Gasteiger partial charge is 0.151 e. The third kappa shape index (κ3) is 2.91. The van der Waals surface area contributed by atoms with Gasteiger partial charge in [0.1, 0.15) is 18.2 Å². The average molecular weight is 390 g/mol. The van der Waals surface area contributed by atoms with Crippen LogP contribution in [0.3, 0.4) is 0 Å². The second-order valence-corrected chi connectivity index (χ2v) is 7.60. The van der Waals surface area contributed by atoms with Crippen molar-refractivity contribution in [2.45, 2.75) is 24.7 Å². The van der Waals surface area contributed by atoms with Crippen LogP contribution < -0.4 is 10.1 Å². The molecule has 2 aromatic heterocycles. The first-order chi connectivity index (χ1) is 12.8. The van der Waals surface area contributed by atoms with Crippen LogP contribution in [0.2, 0.25) is 5.02 Å². The van der Waals surface area contributed by atoms with E-state index in [2.05, 4.69) is 15.3 Å². The van der Waals surface area contributed by atoms with Crippen LogP contribution in [0.15, 0.2) is 36.0 Å². The van der Waals surface area contributed by atoms with Gasteiger partial charge >= 0.3 is 0 Å². The fraction of sp³-hybridized carbons (Fsp3) is 0.333. The summed E-state index contributed by atoms with van der Waals surface area (Å²) in [6, 6.07) is 7.59. The van der Waals surface area contributed by atoms with Gasteiger partial charge in [-0.3, -0.25) is 0 Å². The summed E-state index contributed by atoms with van der Waals surface area (Å²) in [7, 11) is 0. The summed E-state index contributed by atoms with van der Waals surface area (Å²) >= 11 is 8.03. The summed E-state index contributed by atoms with van der Waals surface area (Å²) in [6.45, 7) is 1.25. The first kappa shape index (κ1) is 16.3. The molecule has 1 aromatic carbocycles. The van der Waals surface area contributed by atoms with E-state index in [4.69, 9.17) is 25.8 Å². The molecule has 0 saturated carbocycles. The molecular weight excluding hydrogens is 374 g/mol. The van der Waals surface area contributed by atoms with Gasteiger partial charge in [-0.1, -0.05) is 11.6 Å². The predicted molar refractivity (Wildman–Crippen MR) is 101 cm³/mol. The number of halogens is 1. The molecule has 2 aliphatic rings. The van der Waals surface area contributed by atoms with Gasteiger partial charge in [-0.05, 0) is 36.1 Å². The minimum Gasteiger partial charge on any atom is -0.484 e. The number of fused-ring (bicyclic) bond motifs is 2. The molecule has 0 spiro atoms. The Bertz CT molecular complexity index is 950. The van der Waals surface area contributed by atoms with E-state index < -0.39 is 0 Å². The maximum atomic E-state index is 6.44. The number of rotatable bonds is 4. The Morgan fingerprint density at radius 2 is 2.19 bits per heavy atom. The highest BCUT2D eigenvalue weighted by molar-refractivity contribution is 7.17. The van der Waals surface area contributed by atoms with Gasteiger partial charge in [0.2, 0.25) is 0 Å². The molecule has 26 heavy (non-hydrogen) atoms. The van der Waals surface area contributed by atoms with Gasteiger partial charge in [0.15, 0.2) is 11.9 Å². The molecule has 8 heteroatoms. The minimum atomic E-state index is -0.119. The van der Waals surface area contributed by atoms with E-state index in [9.17, 15) is 0 Å². The van der Waals surface area contributed by atoms with Crippen molar-refractivity contribution in [3.8, 4) is 5.75 Å². The summed E-state index contributed by atoms with van der Waals surface area (Å²) in [5.41, 5.74) is 1.76. The van der Waals surface area contributed by atoms with Crippen molar-refractivity contribution in [2.75, 3.05) is 18.5 Å². The number of hydrogen-bond acceptors (Lipinski definition) is 7. The van der Waals surface area contributed by atoms with Gasteiger partial charge in [0.05, 0.1) is 28.0 Å². The van der Waals surface area contributed by atoms with Gasteiger partial charge in [0.25, 0.3) is 0 Å². The SMILES string of the molecule is Clc1cc(Nc2ncnc3ccsc23)ccc1O[C@H]1CO[C@@H]2CCO[C@H]12. The minimum absolute atomic E-state index is 0.00278. The molecule has 2 aliphatic heterocycles. The van der Waals surface area contributed by atoms with Crippen LogP contribution >= 0.6 is 22.9 Å². The summed E-state index contributed by atoms with van der Waals surface area (Å²) in [6.07, 6.45) is 2.50. The topological polar surface area (TPSA) is 65.5 Å². The van der Waals surface area contributed by atoms with Crippen molar-refractivity contribution in [1.29, 1.82) is 0 Å². The number of aromatic nitrogens is 2. The number of nitrogens with zero attached hydrogens (tertiary/aromatic N) is 2. The molecule has 0 bridgehead atoms. The van der Waals surface area contributed by atoms with Gasteiger partial charge in [-0.15, -0.1) is 11.3 Å². The molecule has 2 saturated heterocycles. The molecule has 4 heterocycles. The first-order valence-corrected chi connectivity index (χ1v) is 9.68. The molecule has 134 valence electrons. The monoisotopic (exact) mass is 389 g/mol. The first-order valence-electron chi connectivity index (χ1n) is 8.42. The number of nitrogens with one attached hydrogen (secondary N) is 1. The summed E-state index contributed by atoms with van der Waals surface area (Å²) in [5.74, 6) is 1.40. The zero-order valence-corrected chi connectivity index (χ0v) is 15.3. The Hall–Kier alpha value is -1.93. The number of hydrogen-bond donors (Lipinski definition) is 1. The van der Waals surface area contributed by atoms with E-state index >= 15 is 0 Å². The summed E-state index contributed by atoms with van der Waals surface area (Å²) < 4.78 is 18.5. The Morgan fingerprint density at radius 3 is 3.12 bits per heavy atom. The number of benzene rings is 1. The van der Waals surface area contributed by atoms with E-state index in [-0.39, 0.29) is 18.3 Å². The van der Waals surface area contributed by atoms with Gasteiger partial charge in [-0.2, -0.15) is 0 Å². The van der Waals surface area contributed by atoms with Crippen LogP contribution in [0.4, 0.5) is 11.5 Å². The highest BCUT2D eigenvalue weighted by Crippen LogP contribution is 2.35. The van der Waals surface area contributed by atoms with Crippen LogP contribution in [0.1, 0.15) is 6.42 Å². The Balaban J connectivity index is 1.34. The molecule has 0 amide bonds. The number of anilines is 2. The fourth-order valence-electron chi connectivity index (χ4n) is 3.38. The lowest BCUT2D eigenvalue weighted by Gasteiger charge is -2.19. The Morgan fingerprint density at radius 1 is 1.23 bits per heavy atom. The second-order valence-electron chi connectivity index (χ2n) is 6.28. The number of thiophene rings is 1. The van der Waals surface area contributed by atoms with Crippen molar-refractivity contribution < 1.29 is 14.2 Å². The van der Waals surface area contributed by atoms with Crippen LogP contribution in [0.5, 0.6) is 5.75 Å². The zero-order valence-electron chi connectivity index (χ0n) is 13.7. The van der Waals surface area contributed by atoms with Crippen molar-refractivity contribution in [3.63, 3.8) is 0 Å². The molecule has 0 radical (unpaired) electrons. The second kappa shape index (κ2) is 6.66. The maximum Gasteiger partial charge on any atom is 0.151 e. The van der Waals surface area contributed by atoms with E-state index in [1.807, 2.05) is 29.6 Å². The van der Waals surface area contributed by atoms with Gasteiger partial charge < -0.3 is 19.5 Å². The standard InChI is InChI=1S/C18H16ClN3O3S/c19-11-7-10(22-18-17-12(4-6-26-17)20-9-21-18)1-2-13(11)25-15-8-24-14-3-5-23-16(14)15/h1-2,4,6-7,9,14-16H,3,5,8H2,(H,20,21,22)/t14-,15+,16+/m1/s1. The molecule has 1 N–H and O–H groups in total. The van der Waals surface area contributed by atoms with Crippen molar-refractivity contribution in [1.82, 2.24) is 9.97 Å². The molecular formula is C18H16ClN3O3S. The fourth-order valence-corrected chi connectivity index (χ4v) is 4.40. The molecule has 6 nitrogen and oxygen atoms in total. The summed E-state index contributed by atoms with van der Waals surface area (Å²) in [5, 5.41) is 5.83. The summed E-state index contributed by atoms with van der Waals surface area (Å²) in [4.78, 5) is 8.58. The normalized spacial score (nSPS) is 24.7. The van der Waals surface area contributed by atoms with E-state index in [0.717, 1.165) is 34.7 Å². The zero-order chi connectivity index (χ0) is 17.5. The molecule has 2 fully saturated rings. The molecule has 5 rings (SSSR count). The Kier molecular flexibility index (Phi) is 4.17. The Labute approximate surface area is 159 Å². The lowest BCUT2D eigenvalue weighted by Crippen LogP contribution is -2.32. The van der Waals surface area contributed by atoms with E-state index in [1.165, 1.54) is 0 Å². The molecule has 3 aromatic rings. The van der Waals surface area contributed by atoms with Crippen LogP contribution in [-0.2, 0) is 9.47 Å². The third-order valence-electron chi connectivity index (χ3n) is 4.64. The highest BCUT2D eigenvalue weighted by Gasteiger charge is 2.43. The lowest BCUT2D eigenvalue weighted by atomic mass is 10.1. The van der Waals surface area contributed by atoms with E-state index in [0.29, 0.717) is 17.4 Å². The predicted octanol–water partition coefficient (Wildman–Crippen LogP) is 4.02. The van der Waals surface area contributed by atoms with E-state index in [1.54, 1.807) is 17.7 Å². The molecule has 0 aliphatic carbocycles. The van der Waals surface area contributed by atoms with Gasteiger partial charge in [0, 0.05) is 12.3 Å². The number of ether oxygens (including phenoxy) is 3.